The summed E-state index contributed by atoms with van der Waals surface area (Å²) in [6.07, 6.45) is 0.934. The van der Waals surface area contributed by atoms with Crippen molar-refractivity contribution in [1.82, 2.24) is 0 Å². The summed E-state index contributed by atoms with van der Waals surface area (Å²) in [6, 6.07) is 7.59. The van der Waals surface area contributed by atoms with Crippen LogP contribution in [-0.2, 0) is 16.1 Å². The molecule has 0 radical (unpaired) electrons. The molecule has 0 heterocycles. The van der Waals surface area contributed by atoms with Gasteiger partial charge in [-0.3, -0.25) is 4.79 Å². The van der Waals surface area contributed by atoms with Crippen LogP contribution in [0.15, 0.2) is 24.3 Å². The van der Waals surface area contributed by atoms with Gasteiger partial charge in [0.15, 0.2) is 0 Å². The molecule has 0 aliphatic carbocycles. The van der Waals surface area contributed by atoms with Crippen LogP contribution in [0.25, 0.3) is 0 Å². The highest BCUT2D eigenvalue weighted by Crippen LogP contribution is 2.21. The number of benzene rings is 1. The van der Waals surface area contributed by atoms with E-state index in [-0.39, 0.29) is 17.4 Å². The Kier molecular flexibility index (Phi) is 5.63. The molecule has 0 aliphatic rings. The van der Waals surface area contributed by atoms with Crippen molar-refractivity contribution in [1.29, 1.82) is 0 Å². The standard InChI is InChI=1S/C14H20ClNO2/c1-4-14(2,3)18-10-11-7-5-6-8-12(11)16-13(17)9-15/h5-8H,4,9-10H2,1-3H3,(H,16,17). The van der Waals surface area contributed by atoms with Crippen molar-refractivity contribution < 1.29 is 9.53 Å². The molecule has 4 heteroatoms. The van der Waals surface area contributed by atoms with Crippen LogP contribution < -0.4 is 5.32 Å². The smallest absolute Gasteiger partial charge is 0.239 e. The molecule has 0 aromatic heterocycles. The lowest BCUT2D eigenvalue weighted by Gasteiger charge is -2.24. The van der Waals surface area contributed by atoms with Crippen LogP contribution in [0.1, 0.15) is 32.8 Å². The van der Waals surface area contributed by atoms with Gasteiger partial charge in [0.1, 0.15) is 5.88 Å². The van der Waals surface area contributed by atoms with Gasteiger partial charge in [-0.1, -0.05) is 25.1 Å². The van der Waals surface area contributed by atoms with Gasteiger partial charge in [0, 0.05) is 11.3 Å². The second-order valence-electron chi connectivity index (χ2n) is 4.74. The minimum absolute atomic E-state index is 0.0460. The van der Waals surface area contributed by atoms with Crippen molar-refractivity contribution in [3.05, 3.63) is 29.8 Å². The number of hydrogen-bond donors (Lipinski definition) is 1. The Morgan fingerprint density at radius 1 is 1.39 bits per heavy atom. The first-order valence-corrected chi connectivity index (χ1v) is 6.59. The second kappa shape index (κ2) is 6.76. The molecule has 100 valence electrons. The van der Waals surface area contributed by atoms with Gasteiger partial charge in [0.25, 0.3) is 0 Å². The molecule has 0 saturated heterocycles. The Hall–Kier alpha value is -1.06. The zero-order valence-corrected chi connectivity index (χ0v) is 11.9. The number of alkyl halides is 1. The van der Waals surface area contributed by atoms with E-state index in [1.807, 2.05) is 38.1 Å². The van der Waals surface area contributed by atoms with Gasteiger partial charge in [-0.15, -0.1) is 11.6 Å². The van der Waals surface area contributed by atoms with Gasteiger partial charge in [-0.25, -0.2) is 0 Å². The van der Waals surface area contributed by atoms with E-state index in [0.29, 0.717) is 6.61 Å². The molecule has 1 aromatic carbocycles. The summed E-state index contributed by atoms with van der Waals surface area (Å²) in [7, 11) is 0. The average molecular weight is 270 g/mol. The van der Waals surface area contributed by atoms with Crippen LogP contribution in [-0.4, -0.2) is 17.4 Å². The highest BCUT2D eigenvalue weighted by atomic mass is 35.5. The number of ether oxygens (including phenoxy) is 1. The Morgan fingerprint density at radius 3 is 2.67 bits per heavy atom. The SMILES string of the molecule is CCC(C)(C)OCc1ccccc1NC(=O)CCl. The van der Waals surface area contributed by atoms with Crippen LogP contribution in [0.3, 0.4) is 0 Å². The van der Waals surface area contributed by atoms with Crippen molar-refractivity contribution in [2.75, 3.05) is 11.2 Å². The first-order valence-electron chi connectivity index (χ1n) is 6.06. The number of rotatable bonds is 6. The Bertz CT molecular complexity index is 405. The maximum Gasteiger partial charge on any atom is 0.239 e. The van der Waals surface area contributed by atoms with Crippen LogP contribution in [0.5, 0.6) is 0 Å². The molecule has 0 bridgehead atoms. The summed E-state index contributed by atoms with van der Waals surface area (Å²) in [6.45, 7) is 6.65. The minimum Gasteiger partial charge on any atom is -0.371 e. The number of carbonyl (C=O) groups is 1. The topological polar surface area (TPSA) is 38.3 Å². The zero-order valence-electron chi connectivity index (χ0n) is 11.1. The number of hydrogen-bond acceptors (Lipinski definition) is 2. The Labute approximate surface area is 113 Å². The molecule has 0 spiro atoms. The highest BCUT2D eigenvalue weighted by Gasteiger charge is 2.16. The fourth-order valence-corrected chi connectivity index (χ4v) is 1.39. The van der Waals surface area contributed by atoms with E-state index in [2.05, 4.69) is 12.2 Å². The number of anilines is 1. The summed E-state index contributed by atoms with van der Waals surface area (Å²) < 4.78 is 5.84. The number of amides is 1. The van der Waals surface area contributed by atoms with E-state index in [0.717, 1.165) is 17.7 Å². The monoisotopic (exact) mass is 269 g/mol. The molecule has 0 aliphatic heterocycles. The number of para-hydroxylation sites is 1. The quantitative estimate of drug-likeness (QED) is 0.802. The zero-order chi connectivity index (χ0) is 13.6. The molecule has 0 fully saturated rings. The predicted molar refractivity (Wildman–Crippen MR) is 75.0 cm³/mol. The van der Waals surface area contributed by atoms with Crippen LogP contribution in [0.2, 0.25) is 0 Å². The second-order valence-corrected chi connectivity index (χ2v) is 5.01. The summed E-state index contributed by atoms with van der Waals surface area (Å²) in [5.41, 5.74) is 1.55. The molecule has 0 atom stereocenters. The third-order valence-electron chi connectivity index (χ3n) is 2.88. The van der Waals surface area contributed by atoms with E-state index in [1.165, 1.54) is 0 Å². The van der Waals surface area contributed by atoms with Crippen molar-refractivity contribution in [3.63, 3.8) is 0 Å². The van der Waals surface area contributed by atoms with E-state index in [9.17, 15) is 4.79 Å². The third kappa shape index (κ3) is 4.67. The molecule has 1 aromatic rings. The molecule has 1 amide bonds. The van der Waals surface area contributed by atoms with E-state index < -0.39 is 0 Å². The highest BCUT2D eigenvalue weighted by molar-refractivity contribution is 6.29. The molecule has 0 saturated carbocycles. The molecular weight excluding hydrogens is 250 g/mol. The van der Waals surface area contributed by atoms with Gasteiger partial charge in [0.05, 0.1) is 12.2 Å². The molecule has 3 nitrogen and oxygen atoms in total. The predicted octanol–water partition coefficient (Wildman–Crippen LogP) is 3.57. The molecule has 0 unspecified atom stereocenters. The van der Waals surface area contributed by atoms with Crippen molar-refractivity contribution in [2.24, 2.45) is 0 Å². The average Bonchev–Trinajstić information content (AvgIpc) is 2.37. The van der Waals surface area contributed by atoms with Crippen LogP contribution in [0, 0.1) is 0 Å². The molecular formula is C14H20ClNO2. The van der Waals surface area contributed by atoms with Gasteiger partial charge < -0.3 is 10.1 Å². The number of carbonyl (C=O) groups excluding carboxylic acids is 1. The summed E-state index contributed by atoms with van der Waals surface area (Å²) in [5.74, 6) is -0.255. The first-order chi connectivity index (χ1) is 8.48. The van der Waals surface area contributed by atoms with Gasteiger partial charge >= 0.3 is 0 Å². The lowest BCUT2D eigenvalue weighted by Crippen LogP contribution is -2.23. The van der Waals surface area contributed by atoms with E-state index in [4.69, 9.17) is 16.3 Å². The normalized spacial score (nSPS) is 11.3. The maximum absolute atomic E-state index is 11.3. The summed E-state index contributed by atoms with van der Waals surface area (Å²) in [4.78, 5) is 11.3. The van der Waals surface area contributed by atoms with Crippen molar-refractivity contribution in [3.8, 4) is 0 Å². The third-order valence-corrected chi connectivity index (χ3v) is 3.13. The number of nitrogens with one attached hydrogen (secondary N) is 1. The minimum atomic E-state index is -0.209. The number of halogens is 1. The Morgan fingerprint density at radius 2 is 2.06 bits per heavy atom. The lowest BCUT2D eigenvalue weighted by molar-refractivity contribution is -0.113. The van der Waals surface area contributed by atoms with Gasteiger partial charge in [0.2, 0.25) is 5.91 Å². The maximum atomic E-state index is 11.3. The van der Waals surface area contributed by atoms with Crippen LogP contribution in [0.4, 0.5) is 5.69 Å². The summed E-state index contributed by atoms with van der Waals surface area (Å²) in [5, 5.41) is 2.76. The lowest BCUT2D eigenvalue weighted by atomic mass is 10.1. The molecule has 18 heavy (non-hydrogen) atoms. The van der Waals surface area contributed by atoms with Crippen LogP contribution >= 0.6 is 11.6 Å². The molecule has 1 N–H and O–H groups in total. The summed E-state index contributed by atoms with van der Waals surface area (Å²) >= 11 is 5.48. The largest absolute Gasteiger partial charge is 0.371 e. The fraction of sp³-hybridized carbons (Fsp3) is 0.500. The van der Waals surface area contributed by atoms with E-state index >= 15 is 0 Å². The van der Waals surface area contributed by atoms with Crippen molar-refractivity contribution in [2.45, 2.75) is 39.4 Å². The van der Waals surface area contributed by atoms with Crippen molar-refractivity contribution >= 4 is 23.2 Å². The van der Waals surface area contributed by atoms with E-state index in [1.54, 1.807) is 0 Å². The fourth-order valence-electron chi connectivity index (χ4n) is 1.33. The van der Waals surface area contributed by atoms with Gasteiger partial charge in [-0.05, 0) is 26.3 Å². The molecule has 1 rings (SSSR count). The van der Waals surface area contributed by atoms with Gasteiger partial charge in [-0.2, -0.15) is 0 Å². The Balaban J connectivity index is 2.73. The first kappa shape index (κ1) is 15.0.